The minimum absolute atomic E-state index is 0. The van der Waals surface area contributed by atoms with E-state index in [9.17, 15) is 18.0 Å². The fourth-order valence-electron chi connectivity index (χ4n) is 3.46. The first-order chi connectivity index (χ1) is 11.7. The first-order valence-electron chi connectivity index (χ1n) is 8.27. The lowest BCUT2D eigenvalue weighted by Crippen LogP contribution is -2.40. The molecule has 0 aromatic carbocycles. The van der Waals surface area contributed by atoms with Crippen LogP contribution >= 0.6 is 36.4 Å². The van der Waals surface area contributed by atoms with Gasteiger partial charge in [-0.2, -0.15) is 13.2 Å². The SMILES string of the molecule is Cl.Cl.NC1CCC(C(=O)NC2CCN(c3ncc(C(F)(F)F)cc3Cl)C2)C1. The summed E-state index contributed by atoms with van der Waals surface area (Å²) in [5, 5.41) is 2.97. The van der Waals surface area contributed by atoms with Crippen molar-refractivity contribution >= 4 is 48.1 Å². The van der Waals surface area contributed by atoms with Gasteiger partial charge in [-0.3, -0.25) is 4.79 Å². The van der Waals surface area contributed by atoms with Gasteiger partial charge in [0.1, 0.15) is 5.82 Å². The Morgan fingerprint density at radius 1 is 1.30 bits per heavy atom. The highest BCUT2D eigenvalue weighted by molar-refractivity contribution is 6.33. The quantitative estimate of drug-likeness (QED) is 0.742. The molecular formula is C16H22Cl3F3N4O. The van der Waals surface area contributed by atoms with E-state index in [-0.39, 0.29) is 53.7 Å². The standard InChI is InChI=1S/C16H20ClF3N4O.2ClH/c17-13-6-10(16(18,19)20)7-22-14(13)24-4-3-12(8-24)23-15(25)9-1-2-11(21)5-9;;/h6-7,9,11-12H,1-5,8,21H2,(H,23,25);2*1H. The normalized spacial score (nSPS) is 24.9. The fourth-order valence-corrected chi connectivity index (χ4v) is 3.75. The van der Waals surface area contributed by atoms with Crippen LogP contribution in [0.2, 0.25) is 5.02 Å². The van der Waals surface area contributed by atoms with E-state index in [1.54, 1.807) is 4.90 Å². The second-order valence-electron chi connectivity index (χ2n) is 6.74. The Balaban J connectivity index is 0.00000182. The van der Waals surface area contributed by atoms with Crippen LogP contribution in [0, 0.1) is 5.92 Å². The number of amides is 1. The van der Waals surface area contributed by atoms with Gasteiger partial charge in [0.15, 0.2) is 0 Å². The summed E-state index contributed by atoms with van der Waals surface area (Å²) in [5.74, 6) is 0.275. The second kappa shape index (κ2) is 9.49. The summed E-state index contributed by atoms with van der Waals surface area (Å²) in [6.45, 7) is 1.05. The van der Waals surface area contributed by atoms with Crippen LogP contribution in [0.25, 0.3) is 0 Å². The summed E-state index contributed by atoms with van der Waals surface area (Å²) < 4.78 is 38.1. The lowest BCUT2D eigenvalue weighted by molar-refractivity contribution is -0.137. The molecule has 1 amide bonds. The molecule has 0 bridgehead atoms. The maximum atomic E-state index is 12.7. The Kier molecular flexibility index (Phi) is 8.47. The number of anilines is 1. The van der Waals surface area contributed by atoms with Gasteiger partial charge in [-0.25, -0.2) is 4.98 Å². The van der Waals surface area contributed by atoms with Crippen molar-refractivity contribution in [1.29, 1.82) is 0 Å². The minimum Gasteiger partial charge on any atom is -0.353 e. The van der Waals surface area contributed by atoms with E-state index in [2.05, 4.69) is 10.3 Å². The van der Waals surface area contributed by atoms with Crippen molar-refractivity contribution < 1.29 is 18.0 Å². The third-order valence-corrected chi connectivity index (χ3v) is 5.11. The molecule has 3 rings (SSSR count). The minimum atomic E-state index is -4.47. The van der Waals surface area contributed by atoms with Crippen LogP contribution in [0.1, 0.15) is 31.2 Å². The molecule has 1 saturated carbocycles. The summed E-state index contributed by atoms with van der Waals surface area (Å²) in [5.41, 5.74) is 4.96. The zero-order valence-electron chi connectivity index (χ0n) is 14.3. The highest BCUT2D eigenvalue weighted by atomic mass is 35.5. The van der Waals surface area contributed by atoms with E-state index in [0.717, 1.165) is 25.1 Å². The Hall–Kier alpha value is -0.960. The number of pyridine rings is 1. The maximum absolute atomic E-state index is 12.7. The number of nitrogens with zero attached hydrogens (tertiary/aromatic N) is 2. The third-order valence-electron chi connectivity index (χ3n) is 4.83. The van der Waals surface area contributed by atoms with E-state index >= 15 is 0 Å². The summed E-state index contributed by atoms with van der Waals surface area (Å²) in [6.07, 6.45) is -0.625. The topological polar surface area (TPSA) is 71.2 Å². The molecule has 2 aliphatic rings. The molecule has 27 heavy (non-hydrogen) atoms. The molecule has 0 spiro atoms. The molecule has 1 aliphatic heterocycles. The van der Waals surface area contributed by atoms with Crippen LogP contribution in [0.3, 0.4) is 0 Å². The predicted molar refractivity (Wildman–Crippen MR) is 103 cm³/mol. The molecular weight excluding hydrogens is 428 g/mol. The lowest BCUT2D eigenvalue weighted by atomic mass is 10.1. The molecule has 5 nitrogen and oxygen atoms in total. The number of hydrogen-bond acceptors (Lipinski definition) is 4. The average Bonchev–Trinajstić information content (AvgIpc) is 3.15. The van der Waals surface area contributed by atoms with Gasteiger partial charge in [0.25, 0.3) is 0 Å². The monoisotopic (exact) mass is 448 g/mol. The number of halogens is 6. The Bertz CT molecular complexity index is 662. The van der Waals surface area contributed by atoms with Gasteiger partial charge in [0.05, 0.1) is 10.6 Å². The first-order valence-corrected chi connectivity index (χ1v) is 8.65. The Morgan fingerprint density at radius 2 is 2.00 bits per heavy atom. The zero-order chi connectivity index (χ0) is 18.2. The molecule has 154 valence electrons. The van der Waals surface area contributed by atoms with Gasteiger partial charge in [-0.1, -0.05) is 11.6 Å². The molecule has 3 N–H and O–H groups in total. The average molecular weight is 450 g/mol. The Morgan fingerprint density at radius 3 is 2.56 bits per heavy atom. The lowest BCUT2D eigenvalue weighted by Gasteiger charge is -2.20. The van der Waals surface area contributed by atoms with E-state index in [4.69, 9.17) is 17.3 Å². The van der Waals surface area contributed by atoms with E-state index in [1.165, 1.54) is 0 Å². The number of nitrogens with one attached hydrogen (secondary N) is 1. The number of carbonyl (C=O) groups excluding carboxylic acids is 1. The van der Waals surface area contributed by atoms with Crippen LogP contribution < -0.4 is 16.0 Å². The number of rotatable bonds is 3. The largest absolute Gasteiger partial charge is 0.417 e. The Labute approximate surface area is 173 Å². The molecule has 11 heteroatoms. The fraction of sp³-hybridized carbons (Fsp3) is 0.625. The van der Waals surface area contributed by atoms with Gasteiger partial charge in [-0.15, -0.1) is 24.8 Å². The highest BCUT2D eigenvalue weighted by Gasteiger charge is 2.34. The van der Waals surface area contributed by atoms with Crippen molar-refractivity contribution in [1.82, 2.24) is 10.3 Å². The predicted octanol–water partition coefficient (Wildman–Crippen LogP) is 3.42. The number of nitrogens with two attached hydrogens (primary N) is 1. The van der Waals surface area contributed by atoms with Gasteiger partial charge >= 0.3 is 6.18 Å². The van der Waals surface area contributed by atoms with Gasteiger partial charge in [-0.05, 0) is 31.7 Å². The van der Waals surface area contributed by atoms with Gasteiger partial charge < -0.3 is 16.0 Å². The maximum Gasteiger partial charge on any atom is 0.417 e. The van der Waals surface area contributed by atoms with E-state index in [1.807, 2.05) is 0 Å². The molecule has 0 radical (unpaired) electrons. The van der Waals surface area contributed by atoms with Crippen molar-refractivity contribution in [3.63, 3.8) is 0 Å². The molecule has 2 heterocycles. The zero-order valence-corrected chi connectivity index (χ0v) is 16.7. The van der Waals surface area contributed by atoms with Crippen molar-refractivity contribution in [2.45, 2.75) is 43.9 Å². The van der Waals surface area contributed by atoms with Crippen LogP contribution in [0.4, 0.5) is 19.0 Å². The summed E-state index contributed by atoms with van der Waals surface area (Å²) in [6, 6.07) is 0.908. The number of hydrogen-bond donors (Lipinski definition) is 2. The second-order valence-corrected chi connectivity index (χ2v) is 7.14. The van der Waals surface area contributed by atoms with E-state index in [0.29, 0.717) is 31.7 Å². The molecule has 2 fully saturated rings. The molecule has 1 aliphatic carbocycles. The van der Waals surface area contributed by atoms with Crippen molar-refractivity contribution in [3.05, 3.63) is 22.8 Å². The van der Waals surface area contributed by atoms with Crippen LogP contribution in [0.15, 0.2) is 12.3 Å². The van der Waals surface area contributed by atoms with Gasteiger partial charge in [0.2, 0.25) is 5.91 Å². The summed E-state index contributed by atoms with van der Waals surface area (Å²) in [7, 11) is 0. The third kappa shape index (κ3) is 5.76. The van der Waals surface area contributed by atoms with Crippen LogP contribution in [0.5, 0.6) is 0 Å². The van der Waals surface area contributed by atoms with Crippen LogP contribution in [-0.2, 0) is 11.0 Å². The van der Waals surface area contributed by atoms with Gasteiger partial charge in [0, 0.05) is 37.3 Å². The van der Waals surface area contributed by atoms with Crippen LogP contribution in [-0.4, -0.2) is 36.1 Å². The number of aromatic nitrogens is 1. The number of carbonyl (C=O) groups is 1. The van der Waals surface area contributed by atoms with E-state index < -0.39 is 11.7 Å². The molecule has 3 unspecified atom stereocenters. The number of alkyl halides is 3. The van der Waals surface area contributed by atoms with Crippen molar-refractivity contribution in [2.24, 2.45) is 11.7 Å². The summed E-state index contributed by atoms with van der Waals surface area (Å²) in [4.78, 5) is 17.9. The van der Waals surface area contributed by atoms with Crippen molar-refractivity contribution in [2.75, 3.05) is 18.0 Å². The van der Waals surface area contributed by atoms with Crippen molar-refractivity contribution in [3.8, 4) is 0 Å². The smallest absolute Gasteiger partial charge is 0.353 e. The summed E-state index contributed by atoms with van der Waals surface area (Å²) >= 11 is 5.98. The first kappa shape index (κ1) is 24.1. The molecule has 1 aromatic rings. The molecule has 1 aromatic heterocycles. The molecule has 1 saturated heterocycles. The highest BCUT2D eigenvalue weighted by Crippen LogP contribution is 2.34. The molecule has 3 atom stereocenters.